The van der Waals surface area contributed by atoms with Crippen LogP contribution >= 0.6 is 0 Å². The first-order valence-electron chi connectivity index (χ1n) is 7.07. The van der Waals surface area contributed by atoms with Crippen molar-refractivity contribution in [3.63, 3.8) is 0 Å². The Morgan fingerprint density at radius 1 is 1.22 bits per heavy atom. The molecule has 1 amide bonds. The molecular formula is C14H28N2O2. The summed E-state index contributed by atoms with van der Waals surface area (Å²) >= 11 is 0. The minimum atomic E-state index is -0.573. The molecule has 4 heteroatoms. The minimum Gasteiger partial charge on any atom is -0.389 e. The first-order valence-corrected chi connectivity index (χ1v) is 7.07. The van der Waals surface area contributed by atoms with Gasteiger partial charge in [-0.25, -0.2) is 0 Å². The van der Waals surface area contributed by atoms with Crippen molar-refractivity contribution in [2.75, 3.05) is 19.6 Å². The molecule has 106 valence electrons. The fourth-order valence-corrected chi connectivity index (χ4v) is 2.38. The zero-order valence-electron chi connectivity index (χ0n) is 12.0. The van der Waals surface area contributed by atoms with E-state index in [1.807, 2.05) is 6.92 Å². The maximum absolute atomic E-state index is 11.2. The largest absolute Gasteiger partial charge is 0.389 e. The molecule has 1 rings (SSSR count). The third-order valence-electron chi connectivity index (χ3n) is 3.89. The van der Waals surface area contributed by atoms with Gasteiger partial charge in [0.25, 0.3) is 0 Å². The monoisotopic (exact) mass is 256 g/mol. The van der Waals surface area contributed by atoms with Gasteiger partial charge in [-0.3, -0.25) is 4.79 Å². The van der Waals surface area contributed by atoms with E-state index < -0.39 is 5.60 Å². The van der Waals surface area contributed by atoms with Gasteiger partial charge < -0.3 is 15.7 Å². The summed E-state index contributed by atoms with van der Waals surface area (Å²) in [6.07, 6.45) is 4.33. The summed E-state index contributed by atoms with van der Waals surface area (Å²) in [6, 6.07) is 0. The number of carbonyl (C=O) groups excluding carboxylic acids is 1. The Morgan fingerprint density at radius 3 is 2.39 bits per heavy atom. The Kier molecular flexibility index (Phi) is 5.60. The summed E-state index contributed by atoms with van der Waals surface area (Å²) in [7, 11) is 0. The number of nitrogens with one attached hydrogen (secondary N) is 2. The van der Waals surface area contributed by atoms with Gasteiger partial charge in [-0.1, -0.05) is 13.8 Å². The number of hydrogen-bond acceptors (Lipinski definition) is 3. The van der Waals surface area contributed by atoms with E-state index in [2.05, 4.69) is 24.5 Å². The molecule has 0 aromatic rings. The maximum Gasteiger partial charge on any atom is 0.221 e. The van der Waals surface area contributed by atoms with Gasteiger partial charge in [0.05, 0.1) is 5.60 Å². The van der Waals surface area contributed by atoms with Gasteiger partial charge in [-0.15, -0.1) is 0 Å². The van der Waals surface area contributed by atoms with E-state index >= 15 is 0 Å². The van der Waals surface area contributed by atoms with Gasteiger partial charge >= 0.3 is 0 Å². The highest BCUT2D eigenvalue weighted by atomic mass is 16.3. The summed E-state index contributed by atoms with van der Waals surface area (Å²) in [4.78, 5) is 11.2. The topological polar surface area (TPSA) is 61.4 Å². The van der Waals surface area contributed by atoms with Crippen LogP contribution in [0.5, 0.6) is 0 Å². The number of rotatable bonds is 6. The molecular weight excluding hydrogens is 228 g/mol. The fraction of sp³-hybridized carbons (Fsp3) is 0.929. The van der Waals surface area contributed by atoms with Crippen LogP contribution in [0.25, 0.3) is 0 Å². The second kappa shape index (κ2) is 6.53. The average molecular weight is 256 g/mol. The Hall–Kier alpha value is -0.610. The first-order chi connectivity index (χ1) is 8.37. The van der Waals surface area contributed by atoms with Crippen molar-refractivity contribution >= 4 is 5.91 Å². The number of hydrogen-bond donors (Lipinski definition) is 3. The summed E-state index contributed by atoms with van der Waals surface area (Å²) in [5, 5.41) is 16.4. The summed E-state index contributed by atoms with van der Waals surface area (Å²) in [5.74, 6) is 0.0711. The minimum absolute atomic E-state index is 0.0711. The molecule has 0 unspecified atom stereocenters. The molecule has 1 aliphatic rings. The summed E-state index contributed by atoms with van der Waals surface area (Å²) < 4.78 is 0. The van der Waals surface area contributed by atoms with Crippen molar-refractivity contribution in [3.8, 4) is 0 Å². The quantitative estimate of drug-likeness (QED) is 0.630. The zero-order chi connectivity index (χ0) is 13.6. The molecule has 0 bridgehead atoms. The molecule has 0 atom stereocenters. The van der Waals surface area contributed by atoms with Gasteiger partial charge in [-0.05, 0) is 38.0 Å². The summed E-state index contributed by atoms with van der Waals surface area (Å²) in [5.41, 5.74) is -0.204. The van der Waals surface area contributed by atoms with Crippen molar-refractivity contribution in [2.24, 2.45) is 5.41 Å². The highest BCUT2D eigenvalue weighted by Gasteiger charge is 2.36. The molecule has 1 aliphatic carbocycles. The molecule has 0 aliphatic heterocycles. The van der Waals surface area contributed by atoms with Crippen molar-refractivity contribution in [1.82, 2.24) is 10.6 Å². The van der Waals surface area contributed by atoms with Crippen LogP contribution in [0.4, 0.5) is 0 Å². The second-order valence-electron chi connectivity index (χ2n) is 6.27. The number of aliphatic hydroxyl groups is 1. The molecule has 0 radical (unpaired) electrons. The molecule has 18 heavy (non-hydrogen) atoms. The van der Waals surface area contributed by atoms with E-state index in [1.54, 1.807) is 0 Å². The molecule has 0 heterocycles. The number of carbonyl (C=O) groups is 1. The number of amides is 1. The predicted octanol–water partition coefficient (Wildman–Crippen LogP) is 1.43. The molecule has 0 saturated heterocycles. The molecule has 0 aromatic heterocycles. The SMILES string of the molecule is CCNC(=O)CCNCC1(O)CCC(C)(C)CC1. The molecule has 0 spiro atoms. The standard InChI is InChI=1S/C14H28N2O2/c1-4-16-12(17)5-10-15-11-14(18)8-6-13(2,3)7-9-14/h15,18H,4-11H2,1-3H3,(H,16,17). The van der Waals surface area contributed by atoms with Crippen molar-refractivity contribution < 1.29 is 9.90 Å². The van der Waals surface area contributed by atoms with Crippen LogP contribution < -0.4 is 10.6 Å². The van der Waals surface area contributed by atoms with Crippen LogP contribution in [0.15, 0.2) is 0 Å². The first kappa shape index (κ1) is 15.4. The molecule has 1 saturated carbocycles. The maximum atomic E-state index is 11.2. The Bertz CT molecular complexity index is 267. The van der Waals surface area contributed by atoms with E-state index in [4.69, 9.17) is 0 Å². The molecule has 4 nitrogen and oxygen atoms in total. The summed E-state index contributed by atoms with van der Waals surface area (Å²) in [6.45, 7) is 8.35. The third-order valence-corrected chi connectivity index (χ3v) is 3.89. The van der Waals surface area contributed by atoms with Gasteiger partial charge in [0.15, 0.2) is 0 Å². The van der Waals surface area contributed by atoms with Gasteiger partial charge in [0, 0.05) is 26.1 Å². The van der Waals surface area contributed by atoms with Crippen molar-refractivity contribution in [1.29, 1.82) is 0 Å². The molecule has 3 N–H and O–H groups in total. The fourth-order valence-electron chi connectivity index (χ4n) is 2.38. The lowest BCUT2D eigenvalue weighted by Gasteiger charge is -2.40. The van der Waals surface area contributed by atoms with Crippen LogP contribution in [-0.4, -0.2) is 36.2 Å². The van der Waals surface area contributed by atoms with Crippen LogP contribution in [0, 0.1) is 5.41 Å². The van der Waals surface area contributed by atoms with Crippen molar-refractivity contribution in [3.05, 3.63) is 0 Å². The van der Waals surface area contributed by atoms with Gasteiger partial charge in [0.2, 0.25) is 5.91 Å². The van der Waals surface area contributed by atoms with E-state index in [9.17, 15) is 9.90 Å². The zero-order valence-corrected chi connectivity index (χ0v) is 12.0. The lowest BCUT2D eigenvalue weighted by Crippen LogP contribution is -2.45. The van der Waals surface area contributed by atoms with Gasteiger partial charge in [-0.2, -0.15) is 0 Å². The second-order valence-corrected chi connectivity index (χ2v) is 6.27. The van der Waals surface area contributed by atoms with Crippen LogP contribution in [0.2, 0.25) is 0 Å². The average Bonchev–Trinajstić information content (AvgIpc) is 2.30. The van der Waals surface area contributed by atoms with E-state index in [1.165, 1.54) is 0 Å². The van der Waals surface area contributed by atoms with Crippen LogP contribution in [0.1, 0.15) is 52.9 Å². The Morgan fingerprint density at radius 2 is 1.83 bits per heavy atom. The molecule has 0 aromatic carbocycles. The highest BCUT2D eigenvalue weighted by Crippen LogP contribution is 2.39. The van der Waals surface area contributed by atoms with E-state index in [-0.39, 0.29) is 5.91 Å². The van der Waals surface area contributed by atoms with Gasteiger partial charge in [0.1, 0.15) is 0 Å². The highest BCUT2D eigenvalue weighted by molar-refractivity contribution is 5.75. The van der Waals surface area contributed by atoms with E-state index in [0.29, 0.717) is 31.5 Å². The van der Waals surface area contributed by atoms with Crippen LogP contribution in [0.3, 0.4) is 0 Å². The lowest BCUT2D eigenvalue weighted by atomic mass is 9.71. The predicted molar refractivity (Wildman–Crippen MR) is 73.4 cm³/mol. The smallest absolute Gasteiger partial charge is 0.221 e. The Labute approximate surface area is 111 Å². The lowest BCUT2D eigenvalue weighted by molar-refractivity contribution is -0.120. The third kappa shape index (κ3) is 5.36. The molecule has 1 fully saturated rings. The van der Waals surface area contributed by atoms with Crippen molar-refractivity contribution in [2.45, 2.75) is 58.5 Å². The normalized spacial score (nSPS) is 21.6. The Balaban J connectivity index is 2.17. The van der Waals surface area contributed by atoms with E-state index in [0.717, 1.165) is 25.7 Å². The van der Waals surface area contributed by atoms with Crippen LogP contribution in [-0.2, 0) is 4.79 Å².